The topological polar surface area (TPSA) is 134 Å². The molecular weight excluding hydrogens is 452 g/mol. The highest BCUT2D eigenvalue weighted by molar-refractivity contribution is 5.79. The molecule has 0 aliphatic carbocycles. The third kappa shape index (κ3) is 7.31. The lowest BCUT2D eigenvalue weighted by atomic mass is 10.1. The van der Waals surface area contributed by atoms with E-state index in [1.807, 2.05) is 37.3 Å². The number of oxazole rings is 1. The van der Waals surface area contributed by atoms with Crippen molar-refractivity contribution < 1.29 is 33.3 Å². The number of carbonyl (C=O) groups excluding carboxylic acids is 1. The Balaban J connectivity index is 1.72. The van der Waals surface area contributed by atoms with Gasteiger partial charge in [0, 0.05) is 17.5 Å². The summed E-state index contributed by atoms with van der Waals surface area (Å²) in [5.41, 5.74) is 7.33. The Labute approximate surface area is 203 Å². The van der Waals surface area contributed by atoms with Crippen molar-refractivity contribution in [1.29, 1.82) is 0 Å². The second kappa shape index (κ2) is 11.1. The fourth-order valence-electron chi connectivity index (χ4n) is 3.25. The van der Waals surface area contributed by atoms with E-state index in [1.54, 1.807) is 32.9 Å². The molecule has 9 heteroatoms. The zero-order valence-corrected chi connectivity index (χ0v) is 20.2. The Morgan fingerprint density at radius 3 is 2.49 bits per heavy atom. The number of rotatable bonds is 10. The van der Waals surface area contributed by atoms with E-state index < -0.39 is 30.2 Å². The molecule has 0 saturated heterocycles. The summed E-state index contributed by atoms with van der Waals surface area (Å²) in [4.78, 5) is 28.1. The molecule has 186 valence electrons. The van der Waals surface area contributed by atoms with E-state index in [9.17, 15) is 9.59 Å². The normalized spacial score (nSPS) is 12.1. The molecule has 0 radical (unpaired) electrons. The van der Waals surface area contributed by atoms with Crippen LogP contribution in [0.25, 0.3) is 11.5 Å². The molecule has 3 rings (SSSR count). The molecule has 9 nitrogen and oxygen atoms in total. The maximum absolute atomic E-state index is 12.5. The Bertz CT molecular complexity index is 1170. The molecule has 35 heavy (non-hydrogen) atoms. The molecular formula is C26H30N2O7. The average Bonchev–Trinajstić information content (AvgIpc) is 3.17. The first-order valence-electron chi connectivity index (χ1n) is 11.1. The SMILES string of the molecule is Cc1oc(-c2ccccc2)nc1CCOc1ccc(OCC(=O)O)c(C(N)C(=O)OC(C)(C)C)c1. The number of nitrogens with zero attached hydrogens (tertiary/aromatic N) is 1. The highest BCUT2D eigenvalue weighted by Gasteiger charge is 2.27. The number of ether oxygens (including phenoxy) is 3. The smallest absolute Gasteiger partial charge is 0.341 e. The maximum atomic E-state index is 12.5. The number of carboxylic acid groups (broad SMARTS) is 1. The van der Waals surface area contributed by atoms with Gasteiger partial charge in [-0.3, -0.25) is 0 Å². The van der Waals surface area contributed by atoms with Crippen LogP contribution < -0.4 is 15.2 Å². The van der Waals surface area contributed by atoms with Crippen LogP contribution in [-0.4, -0.2) is 40.8 Å². The molecule has 3 aromatic rings. The lowest BCUT2D eigenvalue weighted by Crippen LogP contribution is -2.32. The highest BCUT2D eigenvalue weighted by atomic mass is 16.6. The van der Waals surface area contributed by atoms with E-state index in [0.29, 0.717) is 23.8 Å². The van der Waals surface area contributed by atoms with Crippen LogP contribution in [0.5, 0.6) is 11.5 Å². The molecule has 0 aliphatic heterocycles. The summed E-state index contributed by atoms with van der Waals surface area (Å²) < 4.78 is 22.3. The van der Waals surface area contributed by atoms with E-state index in [4.69, 9.17) is 29.5 Å². The van der Waals surface area contributed by atoms with Crippen LogP contribution in [0.1, 0.15) is 43.8 Å². The number of aliphatic carboxylic acids is 1. The third-order valence-electron chi connectivity index (χ3n) is 4.85. The van der Waals surface area contributed by atoms with Crippen molar-refractivity contribution >= 4 is 11.9 Å². The van der Waals surface area contributed by atoms with Gasteiger partial charge in [0.25, 0.3) is 0 Å². The largest absolute Gasteiger partial charge is 0.493 e. The minimum absolute atomic E-state index is 0.165. The first kappa shape index (κ1) is 25.8. The molecule has 0 saturated carbocycles. The number of aromatic nitrogens is 1. The molecule has 0 spiro atoms. The van der Waals surface area contributed by atoms with Gasteiger partial charge in [0.1, 0.15) is 28.9 Å². The number of aryl methyl sites for hydroxylation is 1. The van der Waals surface area contributed by atoms with Crippen molar-refractivity contribution in [2.24, 2.45) is 5.73 Å². The third-order valence-corrected chi connectivity index (χ3v) is 4.85. The van der Waals surface area contributed by atoms with Crippen molar-refractivity contribution in [3.8, 4) is 23.0 Å². The number of esters is 1. The summed E-state index contributed by atoms with van der Waals surface area (Å²) in [5, 5.41) is 8.96. The Hall–Kier alpha value is -3.85. The van der Waals surface area contributed by atoms with E-state index in [-0.39, 0.29) is 17.9 Å². The summed E-state index contributed by atoms with van der Waals surface area (Å²) in [6, 6.07) is 13.1. The second-order valence-electron chi connectivity index (χ2n) is 8.88. The monoisotopic (exact) mass is 482 g/mol. The van der Waals surface area contributed by atoms with Gasteiger partial charge in [-0.05, 0) is 58.0 Å². The molecule has 0 amide bonds. The van der Waals surface area contributed by atoms with Crippen LogP contribution in [0.2, 0.25) is 0 Å². The molecule has 1 heterocycles. The zero-order chi connectivity index (χ0) is 25.6. The number of hydrogen-bond acceptors (Lipinski definition) is 8. The summed E-state index contributed by atoms with van der Waals surface area (Å²) in [5.74, 6) is 0.0340. The summed E-state index contributed by atoms with van der Waals surface area (Å²) in [7, 11) is 0. The molecule has 1 aromatic heterocycles. The molecule has 0 fully saturated rings. The molecule has 1 atom stereocenters. The minimum atomic E-state index is -1.19. The van der Waals surface area contributed by atoms with Crippen molar-refractivity contribution in [2.45, 2.75) is 45.8 Å². The van der Waals surface area contributed by atoms with Crippen molar-refractivity contribution in [3.05, 3.63) is 65.5 Å². The number of nitrogens with two attached hydrogens (primary N) is 1. The van der Waals surface area contributed by atoms with Crippen LogP contribution in [-0.2, 0) is 20.7 Å². The van der Waals surface area contributed by atoms with Crippen molar-refractivity contribution in [2.75, 3.05) is 13.2 Å². The van der Waals surface area contributed by atoms with Crippen LogP contribution in [0.15, 0.2) is 52.9 Å². The zero-order valence-electron chi connectivity index (χ0n) is 20.2. The Morgan fingerprint density at radius 2 is 1.83 bits per heavy atom. The van der Waals surface area contributed by atoms with Crippen LogP contribution >= 0.6 is 0 Å². The second-order valence-corrected chi connectivity index (χ2v) is 8.88. The fraction of sp³-hybridized carbons (Fsp3) is 0.346. The van der Waals surface area contributed by atoms with Crippen LogP contribution in [0.3, 0.4) is 0 Å². The van der Waals surface area contributed by atoms with E-state index in [2.05, 4.69) is 4.98 Å². The molecule has 3 N–H and O–H groups in total. The van der Waals surface area contributed by atoms with Gasteiger partial charge in [-0.2, -0.15) is 0 Å². The predicted octanol–water partition coefficient (Wildman–Crippen LogP) is 4.08. The standard InChI is InChI=1S/C26H30N2O7/c1-16-20(28-24(34-16)17-8-6-5-7-9-17)12-13-32-18-10-11-21(33-15-22(29)30)19(14-18)23(27)25(31)35-26(2,3)4/h5-11,14,23H,12-13,15,27H2,1-4H3,(H,29,30). The van der Waals surface area contributed by atoms with Gasteiger partial charge < -0.3 is 29.5 Å². The van der Waals surface area contributed by atoms with Crippen molar-refractivity contribution in [3.63, 3.8) is 0 Å². The van der Waals surface area contributed by atoms with Gasteiger partial charge >= 0.3 is 11.9 Å². The number of carboxylic acids is 1. The molecule has 0 aliphatic rings. The van der Waals surface area contributed by atoms with E-state index in [0.717, 1.165) is 11.3 Å². The number of carbonyl (C=O) groups is 2. The van der Waals surface area contributed by atoms with Crippen LogP contribution in [0, 0.1) is 6.92 Å². The van der Waals surface area contributed by atoms with Gasteiger partial charge in [-0.25, -0.2) is 14.6 Å². The summed E-state index contributed by atoms with van der Waals surface area (Å²) in [6.07, 6.45) is 0.493. The van der Waals surface area contributed by atoms with Gasteiger partial charge in [0.15, 0.2) is 6.61 Å². The molecule has 0 bridgehead atoms. The Morgan fingerprint density at radius 1 is 1.11 bits per heavy atom. The molecule has 1 unspecified atom stereocenters. The van der Waals surface area contributed by atoms with Crippen LogP contribution in [0.4, 0.5) is 0 Å². The lowest BCUT2D eigenvalue weighted by molar-refractivity contribution is -0.156. The van der Waals surface area contributed by atoms with Crippen molar-refractivity contribution in [1.82, 2.24) is 4.98 Å². The van der Waals surface area contributed by atoms with E-state index in [1.165, 1.54) is 6.07 Å². The summed E-state index contributed by atoms with van der Waals surface area (Å²) in [6.45, 7) is 6.75. The minimum Gasteiger partial charge on any atom is -0.493 e. The van der Waals surface area contributed by atoms with E-state index >= 15 is 0 Å². The predicted molar refractivity (Wildman–Crippen MR) is 128 cm³/mol. The number of benzene rings is 2. The number of hydrogen-bond donors (Lipinski definition) is 2. The highest BCUT2D eigenvalue weighted by Crippen LogP contribution is 2.30. The fourth-order valence-corrected chi connectivity index (χ4v) is 3.25. The summed E-state index contributed by atoms with van der Waals surface area (Å²) >= 11 is 0. The molecule has 2 aromatic carbocycles. The van der Waals surface area contributed by atoms with Gasteiger partial charge in [0.05, 0.1) is 12.3 Å². The first-order valence-corrected chi connectivity index (χ1v) is 11.1. The van der Waals surface area contributed by atoms with Gasteiger partial charge in [-0.1, -0.05) is 18.2 Å². The Kier molecular flexibility index (Phi) is 8.14. The quantitative estimate of drug-likeness (QED) is 0.410. The average molecular weight is 483 g/mol. The van der Waals surface area contributed by atoms with Gasteiger partial charge in [-0.15, -0.1) is 0 Å². The lowest BCUT2D eigenvalue weighted by Gasteiger charge is -2.23. The maximum Gasteiger partial charge on any atom is 0.341 e. The first-order chi connectivity index (χ1) is 16.5. The van der Waals surface area contributed by atoms with Gasteiger partial charge in [0.2, 0.25) is 5.89 Å².